The van der Waals surface area contributed by atoms with Crippen LogP contribution >= 0.6 is 0 Å². The summed E-state index contributed by atoms with van der Waals surface area (Å²) in [6.45, 7) is 12.0. The van der Waals surface area contributed by atoms with Gasteiger partial charge in [0, 0.05) is 36.5 Å². The SMILES string of the molecule is C=C(N)c1cnc(N2C[C@@H](C)O[C@@H](C)C2)nc1C1CC1.CC1C2CC3CC1CC(OF)(C3)C2. The molecule has 4 bridgehead atoms. The Morgan fingerprint density at radius 1 is 1.15 bits per heavy atom. The largest absolute Gasteiger partial charge is 0.399 e. The second-order valence-corrected chi connectivity index (χ2v) is 11.5. The fourth-order valence-electron chi connectivity index (χ4n) is 7.09. The van der Waals surface area contributed by atoms with Crippen LogP contribution in [-0.2, 0) is 9.68 Å². The average Bonchev–Trinajstić information content (AvgIpc) is 3.61. The molecule has 5 aliphatic carbocycles. The Balaban J connectivity index is 0.000000151. The van der Waals surface area contributed by atoms with Crippen molar-refractivity contribution >= 4 is 11.6 Å². The second kappa shape index (κ2) is 8.81. The zero-order valence-electron chi connectivity index (χ0n) is 20.3. The van der Waals surface area contributed by atoms with Gasteiger partial charge in [-0.2, -0.15) is 4.94 Å². The van der Waals surface area contributed by atoms with E-state index < -0.39 is 0 Å². The molecule has 0 amide bonds. The molecule has 1 aromatic heterocycles. The van der Waals surface area contributed by atoms with Gasteiger partial charge in [-0.05, 0) is 87.0 Å². The van der Waals surface area contributed by atoms with Gasteiger partial charge in [-0.1, -0.05) is 13.5 Å². The number of anilines is 1. The first-order chi connectivity index (χ1) is 15.8. The third-order valence-electron chi connectivity index (χ3n) is 8.67. The lowest BCUT2D eigenvalue weighted by molar-refractivity contribution is -0.293. The molecule has 0 spiro atoms. The monoisotopic (exact) mass is 458 g/mol. The number of hydrogen-bond acceptors (Lipinski definition) is 6. The van der Waals surface area contributed by atoms with Crippen molar-refractivity contribution in [3.05, 3.63) is 24.0 Å². The number of ether oxygens (including phenoxy) is 1. The van der Waals surface area contributed by atoms with E-state index in [0.717, 1.165) is 73.2 Å². The molecule has 182 valence electrons. The van der Waals surface area contributed by atoms with Crippen molar-refractivity contribution in [3.63, 3.8) is 0 Å². The van der Waals surface area contributed by atoms with Crippen LogP contribution in [0.4, 0.5) is 10.5 Å². The molecular formula is C26H39FN4O2. The normalized spacial score (nSPS) is 39.2. The second-order valence-electron chi connectivity index (χ2n) is 11.5. The summed E-state index contributed by atoms with van der Waals surface area (Å²) in [7, 11) is 0. The van der Waals surface area contributed by atoms with Crippen molar-refractivity contribution in [2.75, 3.05) is 18.0 Å². The molecule has 6 aliphatic rings. The molecule has 1 aromatic rings. The van der Waals surface area contributed by atoms with Crippen LogP contribution in [0.5, 0.6) is 0 Å². The van der Waals surface area contributed by atoms with E-state index in [1.54, 1.807) is 0 Å². The standard InChI is InChI=1S/C15H22N4O.C11H17FO/c1-9-7-19(8-10(2)20-9)15-17-6-13(11(3)16)14(18-15)12-4-5-12;1-7-9-2-8-3-10(7)6-11(4-8,5-9)13-12/h6,9-10,12H,3-5,7-8,16H2,1-2H3;7-10H,2-6H2,1H3/t9-,10+;. The van der Waals surface area contributed by atoms with Crippen LogP contribution in [0, 0.1) is 23.7 Å². The molecule has 2 unspecified atom stereocenters. The predicted octanol–water partition coefficient (Wildman–Crippen LogP) is 5.00. The smallest absolute Gasteiger partial charge is 0.225 e. The molecule has 1 aliphatic heterocycles. The minimum atomic E-state index is -0.344. The van der Waals surface area contributed by atoms with Gasteiger partial charge in [-0.25, -0.2) is 9.97 Å². The fourth-order valence-corrected chi connectivity index (χ4v) is 7.09. The summed E-state index contributed by atoms with van der Waals surface area (Å²) in [6.07, 6.45) is 10.2. The molecule has 7 heteroatoms. The molecule has 7 rings (SSSR count). The molecule has 2 N–H and O–H groups in total. The first-order valence-electron chi connectivity index (χ1n) is 12.8. The Morgan fingerprint density at radius 3 is 2.33 bits per heavy atom. The van der Waals surface area contributed by atoms with Gasteiger partial charge in [0.1, 0.15) is 5.60 Å². The Kier molecular flexibility index (Phi) is 6.15. The van der Waals surface area contributed by atoms with Crippen LogP contribution < -0.4 is 10.6 Å². The van der Waals surface area contributed by atoms with Gasteiger partial charge in [0.2, 0.25) is 5.95 Å². The topological polar surface area (TPSA) is 73.5 Å². The molecule has 2 heterocycles. The van der Waals surface area contributed by atoms with Crippen LogP contribution in [0.3, 0.4) is 0 Å². The maximum atomic E-state index is 12.6. The third-order valence-corrected chi connectivity index (χ3v) is 8.67. The van der Waals surface area contributed by atoms with Gasteiger partial charge in [0.05, 0.1) is 17.9 Å². The highest BCUT2D eigenvalue weighted by atomic mass is 19.3. The lowest BCUT2D eigenvalue weighted by Gasteiger charge is -2.57. The maximum absolute atomic E-state index is 12.6. The lowest BCUT2D eigenvalue weighted by Crippen LogP contribution is -2.54. The fraction of sp³-hybridized carbons (Fsp3) is 0.769. The van der Waals surface area contributed by atoms with E-state index in [9.17, 15) is 4.53 Å². The van der Waals surface area contributed by atoms with Crippen molar-refractivity contribution in [2.45, 2.75) is 89.4 Å². The highest BCUT2D eigenvalue weighted by molar-refractivity contribution is 5.63. The number of hydrogen-bond donors (Lipinski definition) is 1. The van der Waals surface area contributed by atoms with Crippen molar-refractivity contribution in [1.82, 2.24) is 9.97 Å². The maximum Gasteiger partial charge on any atom is 0.225 e. The summed E-state index contributed by atoms with van der Waals surface area (Å²) >= 11 is 0. The highest BCUT2D eigenvalue weighted by Gasteiger charge is 2.55. The van der Waals surface area contributed by atoms with Crippen LogP contribution in [0.1, 0.15) is 82.9 Å². The Labute approximate surface area is 197 Å². The lowest BCUT2D eigenvalue weighted by atomic mass is 9.50. The van der Waals surface area contributed by atoms with Crippen LogP contribution in [0.2, 0.25) is 0 Å². The number of aromatic nitrogens is 2. The first-order valence-corrected chi connectivity index (χ1v) is 12.8. The molecule has 0 aromatic carbocycles. The first kappa shape index (κ1) is 23.0. The Morgan fingerprint density at radius 2 is 1.79 bits per heavy atom. The van der Waals surface area contributed by atoms with Crippen LogP contribution in [0.25, 0.3) is 5.70 Å². The summed E-state index contributed by atoms with van der Waals surface area (Å²) in [5, 5.41) is 0. The third kappa shape index (κ3) is 4.63. The molecule has 4 atom stereocenters. The van der Waals surface area contributed by atoms with Crippen molar-refractivity contribution in [2.24, 2.45) is 29.4 Å². The molecular weight excluding hydrogens is 419 g/mol. The molecule has 6 fully saturated rings. The highest BCUT2D eigenvalue weighted by Crippen LogP contribution is 2.59. The van der Waals surface area contributed by atoms with Crippen LogP contribution in [0.15, 0.2) is 12.8 Å². The quantitative estimate of drug-likeness (QED) is 0.685. The van der Waals surface area contributed by atoms with E-state index in [4.69, 9.17) is 15.5 Å². The molecule has 5 saturated carbocycles. The number of nitrogens with two attached hydrogens (primary N) is 1. The van der Waals surface area contributed by atoms with Gasteiger partial charge in [0.25, 0.3) is 0 Å². The van der Waals surface area contributed by atoms with E-state index in [0.29, 0.717) is 11.6 Å². The minimum absolute atomic E-state index is 0.205. The average molecular weight is 459 g/mol. The zero-order chi connectivity index (χ0) is 23.3. The molecule has 1 saturated heterocycles. The van der Waals surface area contributed by atoms with Gasteiger partial charge >= 0.3 is 0 Å². The van der Waals surface area contributed by atoms with Crippen molar-refractivity contribution < 1.29 is 14.2 Å². The number of halogens is 1. The Hall–Kier alpha value is -1.73. The number of morpholine rings is 1. The molecule has 6 nitrogen and oxygen atoms in total. The van der Waals surface area contributed by atoms with E-state index >= 15 is 0 Å². The van der Waals surface area contributed by atoms with E-state index in [1.807, 2.05) is 6.20 Å². The van der Waals surface area contributed by atoms with Crippen molar-refractivity contribution in [1.29, 1.82) is 0 Å². The molecule has 0 radical (unpaired) electrons. The van der Waals surface area contributed by atoms with E-state index in [2.05, 4.69) is 42.2 Å². The Bertz CT molecular complexity index is 865. The zero-order valence-corrected chi connectivity index (χ0v) is 20.3. The minimum Gasteiger partial charge on any atom is -0.399 e. The van der Waals surface area contributed by atoms with E-state index in [-0.39, 0.29) is 17.8 Å². The summed E-state index contributed by atoms with van der Waals surface area (Å²) < 4.78 is 18.3. The summed E-state index contributed by atoms with van der Waals surface area (Å²) in [5.74, 6) is 4.41. The summed E-state index contributed by atoms with van der Waals surface area (Å²) in [6, 6.07) is 0. The molecule has 33 heavy (non-hydrogen) atoms. The van der Waals surface area contributed by atoms with E-state index in [1.165, 1.54) is 25.7 Å². The van der Waals surface area contributed by atoms with Gasteiger partial charge < -0.3 is 15.4 Å². The number of nitrogens with zero attached hydrogens (tertiary/aromatic N) is 3. The number of rotatable bonds is 4. The van der Waals surface area contributed by atoms with Crippen molar-refractivity contribution in [3.8, 4) is 0 Å². The van der Waals surface area contributed by atoms with Crippen LogP contribution in [-0.4, -0.2) is 40.9 Å². The van der Waals surface area contributed by atoms with Gasteiger partial charge in [-0.15, -0.1) is 0 Å². The van der Waals surface area contributed by atoms with Gasteiger partial charge in [-0.3, -0.25) is 0 Å². The summed E-state index contributed by atoms with van der Waals surface area (Å²) in [5.41, 5.74) is 8.03. The van der Waals surface area contributed by atoms with Gasteiger partial charge in [0.15, 0.2) is 0 Å². The summed E-state index contributed by atoms with van der Waals surface area (Å²) in [4.78, 5) is 15.7. The predicted molar refractivity (Wildman–Crippen MR) is 127 cm³/mol.